The predicted molar refractivity (Wildman–Crippen MR) is 104 cm³/mol. The van der Waals surface area contributed by atoms with Crippen molar-refractivity contribution in [3.8, 4) is 11.3 Å². The van der Waals surface area contributed by atoms with E-state index in [1.165, 1.54) is 4.90 Å². The Kier molecular flexibility index (Phi) is 4.77. The van der Waals surface area contributed by atoms with Crippen molar-refractivity contribution >= 4 is 22.5 Å². The molecule has 9 heteroatoms. The van der Waals surface area contributed by atoms with E-state index >= 15 is 0 Å². The molecule has 1 aliphatic rings. The lowest BCUT2D eigenvalue weighted by Gasteiger charge is -2.42. The molecule has 1 saturated heterocycles. The number of hydrogen-bond donors (Lipinski definition) is 1. The number of fused-ring (bicyclic) bond motifs is 1. The predicted octanol–water partition coefficient (Wildman–Crippen LogP) is 3.17. The van der Waals surface area contributed by atoms with E-state index < -0.39 is 24.5 Å². The van der Waals surface area contributed by atoms with Gasteiger partial charge in [-0.25, -0.2) is 23.1 Å². The number of nitrogens with zero attached hydrogens (tertiary/aromatic N) is 4. The number of anilines is 1. The van der Waals surface area contributed by atoms with Gasteiger partial charge in [0.2, 0.25) is 5.67 Å². The number of rotatable bonds is 5. The monoisotopic (exact) mass is 403 g/mol. The second-order valence-corrected chi connectivity index (χ2v) is 7.36. The first kappa shape index (κ1) is 19.4. The minimum absolute atomic E-state index is 0.213. The summed E-state index contributed by atoms with van der Waals surface area (Å²) in [5.41, 5.74) is -0.282. The van der Waals surface area contributed by atoms with E-state index in [0.29, 0.717) is 0 Å². The third kappa shape index (κ3) is 3.69. The van der Waals surface area contributed by atoms with Crippen LogP contribution in [0.15, 0.2) is 36.7 Å². The fraction of sp³-hybridized carbons (Fsp3) is 0.350. The molecular weight excluding hydrogens is 383 g/mol. The van der Waals surface area contributed by atoms with Crippen LogP contribution < -0.4 is 5.32 Å². The van der Waals surface area contributed by atoms with Crippen LogP contribution in [0.2, 0.25) is 0 Å². The zero-order valence-electron chi connectivity index (χ0n) is 16.0. The zero-order chi connectivity index (χ0) is 20.8. The van der Waals surface area contributed by atoms with E-state index in [-0.39, 0.29) is 18.9 Å². The highest BCUT2D eigenvalue weighted by Gasteiger charge is 2.50. The van der Waals surface area contributed by atoms with Crippen molar-refractivity contribution in [3.63, 3.8) is 0 Å². The van der Waals surface area contributed by atoms with E-state index in [1.807, 2.05) is 36.7 Å². The van der Waals surface area contributed by atoms with Crippen LogP contribution in [-0.4, -0.2) is 57.1 Å². The van der Waals surface area contributed by atoms with Crippen LogP contribution in [0.3, 0.4) is 0 Å². The van der Waals surface area contributed by atoms with Gasteiger partial charge in [0, 0.05) is 37.3 Å². The molecule has 1 fully saturated rings. The SMILES string of the molecule is Cc1ncc(-c2ccc3cnc(NC(=O)C4(F)CN(CC(F)F)C4)cc3c2)n1C. The van der Waals surface area contributed by atoms with Gasteiger partial charge in [-0.2, -0.15) is 0 Å². The maximum Gasteiger partial charge on any atom is 0.265 e. The Morgan fingerprint density at radius 3 is 2.62 bits per heavy atom. The highest BCUT2D eigenvalue weighted by molar-refractivity contribution is 5.99. The summed E-state index contributed by atoms with van der Waals surface area (Å²) in [4.78, 5) is 21.9. The highest BCUT2D eigenvalue weighted by atomic mass is 19.3. The van der Waals surface area contributed by atoms with Gasteiger partial charge in [0.15, 0.2) is 0 Å². The first-order valence-electron chi connectivity index (χ1n) is 9.14. The number of aryl methyl sites for hydroxylation is 1. The number of benzene rings is 1. The normalized spacial score (nSPS) is 16.2. The van der Waals surface area contributed by atoms with Crippen molar-refractivity contribution in [3.05, 3.63) is 42.5 Å². The smallest absolute Gasteiger partial charge is 0.265 e. The van der Waals surface area contributed by atoms with Crippen LogP contribution in [0.1, 0.15) is 5.82 Å². The van der Waals surface area contributed by atoms with Crippen LogP contribution in [0.4, 0.5) is 19.0 Å². The number of alkyl halides is 3. The summed E-state index contributed by atoms with van der Waals surface area (Å²) in [6, 6.07) is 7.48. The fourth-order valence-corrected chi connectivity index (χ4v) is 3.50. The summed E-state index contributed by atoms with van der Waals surface area (Å²) in [7, 11) is 1.93. The van der Waals surface area contributed by atoms with Crippen LogP contribution in [0.25, 0.3) is 22.0 Å². The van der Waals surface area contributed by atoms with Crippen LogP contribution in [0, 0.1) is 6.92 Å². The van der Waals surface area contributed by atoms with Gasteiger partial charge in [0.05, 0.1) is 18.4 Å². The molecule has 29 heavy (non-hydrogen) atoms. The summed E-state index contributed by atoms with van der Waals surface area (Å²) in [5.74, 6) is 0.232. The molecule has 0 bridgehead atoms. The maximum atomic E-state index is 14.6. The van der Waals surface area contributed by atoms with Gasteiger partial charge in [-0.05, 0) is 24.4 Å². The van der Waals surface area contributed by atoms with Gasteiger partial charge in [-0.1, -0.05) is 12.1 Å². The second-order valence-electron chi connectivity index (χ2n) is 7.36. The standard InChI is InChI=1S/C20H20F3N5O/c1-12-24-8-16(27(12)2)13-3-4-14-7-25-18(6-15(14)5-13)26-19(29)20(23)10-28(11-20)9-17(21)22/h3-8,17H,9-11H2,1-2H3,(H,25,26,29). The summed E-state index contributed by atoms with van der Waals surface area (Å²) in [6.45, 7) is 0.683. The number of aromatic nitrogens is 3. The molecule has 1 amide bonds. The quantitative estimate of drug-likeness (QED) is 0.711. The minimum Gasteiger partial charge on any atom is -0.331 e. The Bertz CT molecular complexity index is 1080. The molecule has 152 valence electrons. The van der Waals surface area contributed by atoms with Crippen molar-refractivity contribution in [2.24, 2.45) is 7.05 Å². The third-order valence-electron chi connectivity index (χ3n) is 5.23. The first-order chi connectivity index (χ1) is 13.7. The minimum atomic E-state index is -2.55. The number of carbonyl (C=O) groups excluding carboxylic acids is 1. The average Bonchev–Trinajstić information content (AvgIpc) is 2.98. The Morgan fingerprint density at radius 1 is 1.21 bits per heavy atom. The van der Waals surface area contributed by atoms with Gasteiger partial charge in [-0.15, -0.1) is 0 Å². The third-order valence-corrected chi connectivity index (χ3v) is 5.23. The molecule has 6 nitrogen and oxygen atoms in total. The molecule has 3 aromatic rings. The number of hydrogen-bond acceptors (Lipinski definition) is 4. The van der Waals surface area contributed by atoms with E-state index in [1.54, 1.807) is 18.5 Å². The van der Waals surface area contributed by atoms with Crippen molar-refractivity contribution < 1.29 is 18.0 Å². The molecule has 2 aromatic heterocycles. The number of likely N-dealkylation sites (tertiary alicyclic amines) is 1. The maximum absolute atomic E-state index is 14.6. The van der Waals surface area contributed by atoms with E-state index in [0.717, 1.165) is 27.9 Å². The Morgan fingerprint density at radius 2 is 1.97 bits per heavy atom. The summed E-state index contributed by atoms with van der Waals surface area (Å²) >= 11 is 0. The van der Waals surface area contributed by atoms with Crippen molar-refractivity contribution in [2.45, 2.75) is 19.0 Å². The highest BCUT2D eigenvalue weighted by Crippen LogP contribution is 2.29. The van der Waals surface area contributed by atoms with Crippen LogP contribution in [-0.2, 0) is 11.8 Å². The molecule has 0 spiro atoms. The molecule has 1 aromatic carbocycles. The molecule has 0 aliphatic carbocycles. The summed E-state index contributed by atoms with van der Waals surface area (Å²) < 4.78 is 41.3. The lowest BCUT2D eigenvalue weighted by atomic mass is 9.95. The Labute approximate surface area is 165 Å². The molecule has 0 unspecified atom stereocenters. The first-order valence-corrected chi connectivity index (χ1v) is 9.14. The van der Waals surface area contributed by atoms with Crippen molar-refractivity contribution in [1.29, 1.82) is 0 Å². The molecule has 1 N–H and O–H groups in total. The largest absolute Gasteiger partial charge is 0.331 e. The number of nitrogens with one attached hydrogen (secondary N) is 1. The number of carbonyl (C=O) groups is 1. The summed E-state index contributed by atoms with van der Waals surface area (Å²) in [5, 5.41) is 4.16. The van der Waals surface area contributed by atoms with Gasteiger partial charge < -0.3 is 9.88 Å². The molecule has 1 aliphatic heterocycles. The van der Waals surface area contributed by atoms with Crippen molar-refractivity contribution in [1.82, 2.24) is 19.4 Å². The number of imidazole rings is 1. The molecule has 3 heterocycles. The zero-order valence-corrected chi connectivity index (χ0v) is 16.0. The average molecular weight is 403 g/mol. The van der Waals surface area contributed by atoms with Crippen LogP contribution >= 0.6 is 0 Å². The molecule has 0 saturated carbocycles. The van der Waals surface area contributed by atoms with Gasteiger partial charge >= 0.3 is 0 Å². The number of pyridine rings is 1. The molecule has 0 radical (unpaired) electrons. The second kappa shape index (κ2) is 7.14. The number of amides is 1. The van der Waals surface area contributed by atoms with Gasteiger partial charge in [0.25, 0.3) is 12.3 Å². The topological polar surface area (TPSA) is 63.1 Å². The summed E-state index contributed by atoms with van der Waals surface area (Å²) in [6.07, 6.45) is 0.828. The Hall–Kier alpha value is -2.94. The number of halogens is 3. The van der Waals surface area contributed by atoms with Crippen LogP contribution in [0.5, 0.6) is 0 Å². The van der Waals surface area contributed by atoms with Crippen molar-refractivity contribution in [2.75, 3.05) is 25.0 Å². The van der Waals surface area contributed by atoms with Gasteiger partial charge in [-0.3, -0.25) is 9.69 Å². The lowest BCUT2D eigenvalue weighted by molar-refractivity contribution is -0.141. The lowest BCUT2D eigenvalue weighted by Crippen LogP contribution is -2.65. The fourth-order valence-electron chi connectivity index (χ4n) is 3.50. The molecule has 0 atom stereocenters. The van der Waals surface area contributed by atoms with E-state index in [2.05, 4.69) is 15.3 Å². The molecular formula is C20H20F3N5O. The van der Waals surface area contributed by atoms with E-state index in [4.69, 9.17) is 0 Å². The Balaban J connectivity index is 1.53. The van der Waals surface area contributed by atoms with E-state index in [9.17, 15) is 18.0 Å². The molecule has 4 rings (SSSR count). The van der Waals surface area contributed by atoms with Gasteiger partial charge in [0.1, 0.15) is 11.6 Å².